The average Bonchev–Trinajstić information content (AvgIpc) is 2.69. The fraction of sp³-hybridized carbons (Fsp3) is 0.150. The van der Waals surface area contributed by atoms with Gasteiger partial charge in [-0.3, -0.25) is 24.5 Å². The predicted molar refractivity (Wildman–Crippen MR) is 102 cm³/mol. The van der Waals surface area contributed by atoms with Crippen molar-refractivity contribution in [3.8, 4) is 0 Å². The van der Waals surface area contributed by atoms with Gasteiger partial charge in [0.15, 0.2) is 6.61 Å². The molecular formula is C20H18N2O6. The van der Waals surface area contributed by atoms with Crippen molar-refractivity contribution in [3.05, 3.63) is 81.4 Å². The molecule has 0 unspecified atom stereocenters. The third kappa shape index (κ3) is 6.17. The van der Waals surface area contributed by atoms with Crippen LogP contribution < -0.4 is 5.32 Å². The summed E-state index contributed by atoms with van der Waals surface area (Å²) in [6.07, 6.45) is 2.87. The summed E-state index contributed by atoms with van der Waals surface area (Å²) in [5, 5.41) is 13.3. The van der Waals surface area contributed by atoms with Crippen LogP contribution in [0.1, 0.15) is 21.5 Å². The molecule has 0 heterocycles. The molecule has 2 rings (SSSR count). The summed E-state index contributed by atoms with van der Waals surface area (Å²) in [5.74, 6) is -1.86. The number of amides is 1. The van der Waals surface area contributed by atoms with Crippen LogP contribution in [0.15, 0.2) is 54.6 Å². The van der Waals surface area contributed by atoms with Gasteiger partial charge in [-0.25, -0.2) is 0 Å². The van der Waals surface area contributed by atoms with E-state index in [1.807, 2.05) is 30.3 Å². The maximum atomic E-state index is 12.0. The van der Waals surface area contributed by atoms with Gasteiger partial charge in [0.1, 0.15) is 6.54 Å². The summed E-state index contributed by atoms with van der Waals surface area (Å²) in [4.78, 5) is 45.7. The van der Waals surface area contributed by atoms with E-state index >= 15 is 0 Å². The Morgan fingerprint density at radius 1 is 1.14 bits per heavy atom. The molecule has 0 spiro atoms. The Kier molecular flexibility index (Phi) is 7.15. The van der Waals surface area contributed by atoms with E-state index in [-0.39, 0.29) is 11.3 Å². The van der Waals surface area contributed by atoms with Crippen LogP contribution in [-0.2, 0) is 14.3 Å². The molecule has 0 radical (unpaired) electrons. The Morgan fingerprint density at radius 3 is 2.54 bits per heavy atom. The van der Waals surface area contributed by atoms with Crippen LogP contribution in [0.4, 0.5) is 5.69 Å². The number of nitrogens with one attached hydrogen (secondary N) is 1. The van der Waals surface area contributed by atoms with Gasteiger partial charge in [-0.15, -0.1) is 0 Å². The molecule has 0 atom stereocenters. The highest BCUT2D eigenvalue weighted by Gasteiger charge is 2.16. The summed E-state index contributed by atoms with van der Waals surface area (Å²) in [7, 11) is 0. The summed E-state index contributed by atoms with van der Waals surface area (Å²) in [6.45, 7) is 0.579. The molecule has 0 aliphatic heterocycles. The number of ether oxygens (including phenoxy) is 1. The highest BCUT2D eigenvalue weighted by atomic mass is 16.6. The van der Waals surface area contributed by atoms with Gasteiger partial charge < -0.3 is 10.1 Å². The number of carbonyl (C=O) groups is 3. The van der Waals surface area contributed by atoms with E-state index in [1.165, 1.54) is 18.2 Å². The van der Waals surface area contributed by atoms with Crippen molar-refractivity contribution in [3.63, 3.8) is 0 Å². The molecule has 0 aliphatic rings. The molecule has 144 valence electrons. The predicted octanol–water partition coefficient (Wildman–Crippen LogP) is 2.46. The number of rotatable bonds is 8. The molecule has 0 saturated carbocycles. The number of nitro groups is 1. The maximum absolute atomic E-state index is 12.0. The number of benzene rings is 2. The van der Waals surface area contributed by atoms with E-state index < -0.39 is 35.7 Å². The number of Topliss-reactive ketones (excluding diaryl/α,β-unsaturated/α-hetero) is 1. The van der Waals surface area contributed by atoms with Crippen LogP contribution in [0, 0.1) is 17.0 Å². The molecule has 2 aromatic carbocycles. The van der Waals surface area contributed by atoms with Crippen LogP contribution in [0.5, 0.6) is 0 Å². The van der Waals surface area contributed by atoms with Crippen molar-refractivity contribution in [1.82, 2.24) is 5.32 Å². The quantitative estimate of drug-likeness (QED) is 0.246. The summed E-state index contributed by atoms with van der Waals surface area (Å²) in [6, 6.07) is 13.2. The second-order valence-corrected chi connectivity index (χ2v) is 5.80. The second kappa shape index (κ2) is 9.77. The number of carbonyl (C=O) groups excluding carboxylic acids is 3. The van der Waals surface area contributed by atoms with E-state index in [0.717, 1.165) is 11.6 Å². The minimum Gasteiger partial charge on any atom is -0.456 e. The summed E-state index contributed by atoms with van der Waals surface area (Å²) < 4.78 is 4.80. The van der Waals surface area contributed by atoms with Gasteiger partial charge in [-0.2, -0.15) is 0 Å². The smallest absolute Gasteiger partial charge is 0.325 e. The average molecular weight is 382 g/mol. The number of ketones is 1. The fourth-order valence-electron chi connectivity index (χ4n) is 2.21. The molecule has 0 fully saturated rings. The molecule has 28 heavy (non-hydrogen) atoms. The van der Waals surface area contributed by atoms with Crippen LogP contribution >= 0.6 is 0 Å². The molecule has 8 nitrogen and oxygen atoms in total. The van der Waals surface area contributed by atoms with Crippen molar-refractivity contribution in [2.75, 3.05) is 13.2 Å². The van der Waals surface area contributed by atoms with Gasteiger partial charge in [-0.1, -0.05) is 42.5 Å². The van der Waals surface area contributed by atoms with Gasteiger partial charge in [0.05, 0.1) is 4.92 Å². The molecule has 0 aromatic heterocycles. The molecule has 0 bridgehead atoms. The summed E-state index contributed by atoms with van der Waals surface area (Å²) >= 11 is 0. The largest absolute Gasteiger partial charge is 0.456 e. The highest BCUT2D eigenvalue weighted by molar-refractivity contribution is 5.99. The lowest BCUT2D eigenvalue weighted by Gasteiger charge is -2.06. The first-order valence-electron chi connectivity index (χ1n) is 8.31. The lowest BCUT2D eigenvalue weighted by atomic mass is 10.1. The van der Waals surface area contributed by atoms with Crippen molar-refractivity contribution in [2.45, 2.75) is 6.92 Å². The zero-order valence-electron chi connectivity index (χ0n) is 15.1. The zero-order valence-corrected chi connectivity index (χ0v) is 15.1. The van der Waals surface area contributed by atoms with Crippen LogP contribution in [0.25, 0.3) is 6.08 Å². The number of nitrogens with zero attached hydrogens (tertiary/aromatic N) is 1. The van der Waals surface area contributed by atoms with Crippen LogP contribution in [-0.4, -0.2) is 35.7 Å². The van der Waals surface area contributed by atoms with E-state index in [1.54, 1.807) is 13.0 Å². The number of aryl methyl sites for hydroxylation is 1. The zero-order chi connectivity index (χ0) is 20.5. The SMILES string of the molecule is Cc1ccc(C(=O)COC(=O)CNC(=O)/C=C/c2ccccc2)cc1[N+](=O)[O-]. The van der Waals surface area contributed by atoms with Crippen LogP contribution in [0.2, 0.25) is 0 Å². The Hall–Kier alpha value is -3.81. The minimum atomic E-state index is -0.795. The molecule has 0 saturated heterocycles. The van der Waals surface area contributed by atoms with E-state index in [4.69, 9.17) is 4.74 Å². The third-order valence-corrected chi connectivity index (χ3v) is 3.73. The third-order valence-electron chi connectivity index (χ3n) is 3.73. The van der Waals surface area contributed by atoms with Crippen LogP contribution in [0.3, 0.4) is 0 Å². The Balaban J connectivity index is 1.80. The van der Waals surface area contributed by atoms with Gasteiger partial charge in [0, 0.05) is 23.3 Å². The monoisotopic (exact) mass is 382 g/mol. The molecule has 1 amide bonds. The number of hydrogen-bond donors (Lipinski definition) is 1. The normalized spacial score (nSPS) is 10.5. The van der Waals surface area contributed by atoms with Crippen molar-refractivity contribution >= 4 is 29.4 Å². The Labute approximate surface area is 161 Å². The number of esters is 1. The van der Waals surface area contributed by atoms with Gasteiger partial charge >= 0.3 is 5.97 Å². The minimum absolute atomic E-state index is 0.0694. The Morgan fingerprint density at radius 2 is 1.86 bits per heavy atom. The Bertz CT molecular complexity index is 922. The lowest BCUT2D eigenvalue weighted by molar-refractivity contribution is -0.385. The van der Waals surface area contributed by atoms with Crippen molar-refractivity contribution in [2.24, 2.45) is 0 Å². The molecule has 0 aliphatic carbocycles. The van der Waals surface area contributed by atoms with Crippen molar-refractivity contribution < 1.29 is 24.0 Å². The van der Waals surface area contributed by atoms with Gasteiger partial charge in [-0.05, 0) is 18.6 Å². The first-order valence-corrected chi connectivity index (χ1v) is 8.31. The first kappa shape index (κ1) is 20.5. The van der Waals surface area contributed by atoms with Crippen molar-refractivity contribution in [1.29, 1.82) is 0 Å². The molecular weight excluding hydrogens is 364 g/mol. The van der Waals surface area contributed by atoms with Gasteiger partial charge in [0.25, 0.3) is 5.69 Å². The lowest BCUT2D eigenvalue weighted by Crippen LogP contribution is -2.30. The van der Waals surface area contributed by atoms with E-state index in [0.29, 0.717) is 5.56 Å². The first-order chi connectivity index (χ1) is 13.4. The maximum Gasteiger partial charge on any atom is 0.325 e. The topological polar surface area (TPSA) is 116 Å². The standard InChI is InChI=1S/C20H18N2O6/c1-14-7-9-16(11-17(14)22(26)27)18(23)13-28-20(25)12-21-19(24)10-8-15-5-3-2-4-6-15/h2-11H,12-13H2,1H3,(H,21,24)/b10-8+. The van der Waals surface area contributed by atoms with E-state index in [9.17, 15) is 24.5 Å². The number of nitro benzene ring substituents is 1. The van der Waals surface area contributed by atoms with E-state index in [2.05, 4.69) is 5.32 Å². The number of hydrogen-bond acceptors (Lipinski definition) is 6. The molecule has 2 aromatic rings. The second-order valence-electron chi connectivity index (χ2n) is 5.80. The molecule has 8 heteroatoms. The molecule has 1 N–H and O–H groups in total. The fourth-order valence-corrected chi connectivity index (χ4v) is 2.21. The summed E-state index contributed by atoms with van der Waals surface area (Å²) in [5.41, 5.74) is 1.14. The van der Waals surface area contributed by atoms with Gasteiger partial charge in [0.2, 0.25) is 11.7 Å². The highest BCUT2D eigenvalue weighted by Crippen LogP contribution is 2.19.